The molecule has 0 radical (unpaired) electrons. The third-order valence-corrected chi connectivity index (χ3v) is 10.1. The quantitative estimate of drug-likeness (QED) is 0.0626. The second-order valence-electron chi connectivity index (χ2n) is 10.3. The number of carbonyl (C=O) groups excluding carboxylic acids is 1. The highest BCUT2D eigenvalue weighted by molar-refractivity contribution is 7.61. The van der Waals surface area contributed by atoms with Crippen molar-refractivity contribution in [3.63, 3.8) is 0 Å². The van der Waals surface area contributed by atoms with E-state index in [1.807, 2.05) is 0 Å². The van der Waals surface area contributed by atoms with E-state index in [2.05, 4.69) is 23.8 Å². The first kappa shape index (κ1) is 36.4. The van der Waals surface area contributed by atoms with Crippen molar-refractivity contribution in [3.8, 4) is 0 Å². The van der Waals surface area contributed by atoms with Gasteiger partial charge >= 0.3 is 23.5 Å². The molecule has 3 aromatic rings. The number of phosphoric acid groups is 3. The number of nitrogen functional groups attached to an aromatic ring is 1. The Balaban J connectivity index is 1.21. The van der Waals surface area contributed by atoms with Crippen LogP contribution in [0.25, 0.3) is 11.2 Å². The number of hydrogen-bond acceptors (Lipinski definition) is 17. The monoisotopic (exact) mass is 744 g/mol. The fourth-order valence-electron chi connectivity index (χ4n) is 4.83. The van der Waals surface area contributed by atoms with Gasteiger partial charge in [-0.05, 0) is 6.07 Å². The summed E-state index contributed by atoms with van der Waals surface area (Å²) in [6.45, 7) is -2.03. The van der Waals surface area contributed by atoms with Gasteiger partial charge in [-0.25, -0.2) is 28.6 Å². The van der Waals surface area contributed by atoms with E-state index in [0.29, 0.717) is 0 Å². The van der Waals surface area contributed by atoms with Gasteiger partial charge in [-0.2, -0.15) is 8.88 Å². The summed E-state index contributed by atoms with van der Waals surface area (Å²) in [4.78, 5) is 62.2. The fourth-order valence-corrected chi connectivity index (χ4v) is 7.47. The number of hydrogen-bond donors (Lipinski definition) is 9. The van der Waals surface area contributed by atoms with Crippen LogP contribution in [0.5, 0.6) is 0 Å². The normalized spacial score (nSPS) is 30.3. The van der Waals surface area contributed by atoms with Crippen LogP contribution in [0.1, 0.15) is 22.8 Å². The number of phosphoric ester groups is 3. The molecule has 3 aromatic heterocycles. The Kier molecular flexibility index (Phi) is 10.5. The van der Waals surface area contributed by atoms with Gasteiger partial charge in [0.2, 0.25) is 0 Å². The van der Waals surface area contributed by atoms with Gasteiger partial charge in [0.15, 0.2) is 36.2 Å². The van der Waals surface area contributed by atoms with Gasteiger partial charge in [0.05, 0.1) is 19.5 Å². The number of rotatable bonds is 13. The average Bonchev–Trinajstić information content (AvgIpc) is 3.64. The van der Waals surface area contributed by atoms with E-state index in [1.165, 1.54) is 29.1 Å². The lowest BCUT2D eigenvalue weighted by Crippen LogP contribution is -2.46. The number of imidazole rings is 1. The minimum absolute atomic E-state index is 0.00286. The highest BCUT2D eigenvalue weighted by atomic mass is 31.3. The second kappa shape index (κ2) is 13.8. The summed E-state index contributed by atoms with van der Waals surface area (Å²) >= 11 is 0. The van der Waals surface area contributed by atoms with Crippen molar-refractivity contribution >= 4 is 46.4 Å². The molecule has 0 aromatic carbocycles. The molecule has 0 saturated carbocycles. The average molecular weight is 744 g/mol. The Morgan fingerprint density at radius 3 is 2.23 bits per heavy atom. The van der Waals surface area contributed by atoms with Crippen LogP contribution in [0, 0.1) is 0 Å². The van der Waals surface area contributed by atoms with Crippen LogP contribution in [-0.2, 0) is 41.1 Å². The van der Waals surface area contributed by atoms with Crippen LogP contribution in [0.15, 0.2) is 37.2 Å². The summed E-state index contributed by atoms with van der Waals surface area (Å²) in [6.07, 6.45) is -8.39. The molecule has 5 heterocycles. The molecule has 5 rings (SSSR count). The highest BCUT2D eigenvalue weighted by Crippen LogP contribution is 2.61. The fraction of sp³-hybridized carbons (Fsp3) is 0.476. The molecule has 27 heteroatoms. The van der Waals surface area contributed by atoms with Crippen LogP contribution in [0.2, 0.25) is 0 Å². The zero-order valence-electron chi connectivity index (χ0n) is 23.9. The summed E-state index contributed by atoms with van der Waals surface area (Å²) in [5.41, 5.74) is 11.1. The van der Waals surface area contributed by atoms with E-state index in [1.54, 1.807) is 0 Å². The van der Waals surface area contributed by atoms with E-state index in [-0.39, 0.29) is 22.5 Å². The van der Waals surface area contributed by atoms with Crippen molar-refractivity contribution in [2.75, 3.05) is 18.9 Å². The third-order valence-electron chi connectivity index (χ3n) is 6.98. The van der Waals surface area contributed by atoms with Crippen LogP contribution in [0.3, 0.4) is 0 Å². The van der Waals surface area contributed by atoms with E-state index >= 15 is 0 Å². The standard InChI is InChI=1S/C21H28N7O17P3/c22-17-12-19(25-7-24-17)28(8-26-12)21-16(44-46(33,34)35)14(30)11(43-21)6-41-48(38,39)45-47(36,37)40-5-10-13(29)15(31)20(42-10)27-3-1-2-9(4-27)18(23)32/h1-4,7-8,10-11,13-16,20-21,29-31H,5-6H2,(H7-,22,23,24,25,32,33,34,35,36,37,38,39)/p+1/t10-,11+,13?,14-,15+,16?,20-,21+/m1/s1. The van der Waals surface area contributed by atoms with Crippen LogP contribution in [0.4, 0.5) is 5.82 Å². The van der Waals surface area contributed by atoms with Gasteiger partial charge in [0.25, 0.3) is 12.1 Å². The molecule has 48 heavy (non-hydrogen) atoms. The van der Waals surface area contributed by atoms with E-state index in [0.717, 1.165) is 17.2 Å². The molecule has 0 spiro atoms. The van der Waals surface area contributed by atoms with Crippen molar-refractivity contribution in [3.05, 3.63) is 42.7 Å². The van der Waals surface area contributed by atoms with Crippen molar-refractivity contribution in [2.24, 2.45) is 5.73 Å². The van der Waals surface area contributed by atoms with Crippen molar-refractivity contribution in [1.82, 2.24) is 19.5 Å². The molecule has 2 aliphatic heterocycles. The summed E-state index contributed by atoms with van der Waals surface area (Å²) in [7, 11) is -16.3. The van der Waals surface area contributed by atoms with Gasteiger partial charge in [-0.3, -0.25) is 22.9 Å². The molecule has 264 valence electrons. The number of carbonyl (C=O) groups is 1. The zero-order chi connectivity index (χ0) is 35.2. The maximum absolute atomic E-state index is 12.6. The number of nitrogens with two attached hydrogens (primary N) is 2. The number of nitrogens with zero attached hydrogens (tertiary/aromatic N) is 5. The summed E-state index contributed by atoms with van der Waals surface area (Å²) in [6, 6.07) is 2.79. The number of pyridine rings is 1. The molecular weight excluding hydrogens is 715 g/mol. The Bertz CT molecular complexity index is 1810. The second-order valence-corrected chi connectivity index (χ2v) is 14.5. The first-order valence-electron chi connectivity index (χ1n) is 13.3. The number of fused-ring (bicyclic) bond motifs is 1. The zero-order valence-corrected chi connectivity index (χ0v) is 26.6. The number of anilines is 1. The first-order chi connectivity index (χ1) is 22.4. The Morgan fingerprint density at radius 2 is 1.60 bits per heavy atom. The van der Waals surface area contributed by atoms with Crippen LogP contribution < -0.4 is 16.0 Å². The van der Waals surface area contributed by atoms with Crippen molar-refractivity contribution in [2.45, 2.75) is 49.1 Å². The Labute approximate surface area is 267 Å². The first-order valence-corrected chi connectivity index (χ1v) is 17.9. The minimum Gasteiger partial charge on any atom is -0.387 e. The van der Waals surface area contributed by atoms with Crippen LogP contribution >= 0.6 is 23.5 Å². The third kappa shape index (κ3) is 8.12. The molecule has 10 atom stereocenters. The lowest BCUT2D eigenvalue weighted by Gasteiger charge is -2.22. The molecule has 0 bridgehead atoms. The predicted octanol–water partition coefficient (Wildman–Crippen LogP) is -2.90. The van der Waals surface area contributed by atoms with E-state index in [9.17, 15) is 53.4 Å². The number of ether oxygens (including phenoxy) is 2. The van der Waals surface area contributed by atoms with Gasteiger partial charge in [0, 0.05) is 6.07 Å². The Morgan fingerprint density at radius 1 is 0.958 bits per heavy atom. The number of aliphatic hydroxyl groups is 3. The number of aromatic nitrogens is 5. The highest BCUT2D eigenvalue weighted by Gasteiger charge is 2.51. The smallest absolute Gasteiger partial charge is 0.387 e. The Hall–Kier alpha value is -2.86. The van der Waals surface area contributed by atoms with Gasteiger partial charge in [-0.1, -0.05) is 0 Å². The van der Waals surface area contributed by atoms with Gasteiger partial charge < -0.3 is 55.8 Å². The van der Waals surface area contributed by atoms with Gasteiger partial charge in [0.1, 0.15) is 47.9 Å². The maximum atomic E-state index is 12.6. The number of primary amides is 1. The topological polar surface area (TPSA) is 365 Å². The summed E-state index contributed by atoms with van der Waals surface area (Å²) in [5, 5.41) is 31.5. The summed E-state index contributed by atoms with van der Waals surface area (Å²) in [5.74, 6) is -0.848. The molecule has 2 aliphatic rings. The predicted molar refractivity (Wildman–Crippen MR) is 150 cm³/mol. The molecule has 0 aliphatic carbocycles. The van der Waals surface area contributed by atoms with E-state index < -0.39 is 91.7 Å². The van der Waals surface area contributed by atoms with Crippen molar-refractivity contribution < 1.29 is 85.3 Å². The number of amides is 1. The molecular formula is C21H29N7O17P3+. The summed E-state index contributed by atoms with van der Waals surface area (Å²) < 4.78 is 68.4. The molecule has 4 unspecified atom stereocenters. The number of aliphatic hydroxyl groups excluding tert-OH is 3. The minimum atomic E-state index is -5.52. The van der Waals surface area contributed by atoms with Crippen molar-refractivity contribution in [1.29, 1.82) is 0 Å². The lowest BCUT2D eigenvalue weighted by molar-refractivity contribution is -0.765. The largest absolute Gasteiger partial charge is 0.481 e. The molecule has 2 saturated heterocycles. The molecule has 1 amide bonds. The molecule has 24 nitrogen and oxygen atoms in total. The lowest BCUT2D eigenvalue weighted by atomic mass is 10.1. The molecule has 2 fully saturated rings. The maximum Gasteiger partial charge on any atom is 0.481 e. The van der Waals surface area contributed by atoms with Gasteiger partial charge in [-0.15, -0.1) is 0 Å². The van der Waals surface area contributed by atoms with Crippen LogP contribution in [-0.4, -0.2) is 110 Å². The SMILES string of the molecule is NC(=O)c1ccc[n+]([C@@H]2O[C@H](COP(=O)(O)OP(=O)(O)OC[C@@H]3O[C@H](n4cnc5c(N)ncnc54)C(OP(=O)(O)O)[C@@H]3O)C(O)[C@@H]2O)c1. The van der Waals surface area contributed by atoms with E-state index in [4.69, 9.17) is 30.0 Å². The molecule has 11 N–H and O–H groups in total.